The number of para-hydroxylation sites is 2. The normalized spacial score (nSPS) is 10.7. The zero-order chi connectivity index (χ0) is 25.1. The van der Waals surface area contributed by atoms with Gasteiger partial charge >= 0.3 is 0 Å². The molecule has 0 saturated heterocycles. The van der Waals surface area contributed by atoms with Crippen molar-refractivity contribution in [3.8, 4) is 11.5 Å². The maximum atomic E-state index is 9.85. The Morgan fingerprint density at radius 3 is 0.972 bits per heavy atom. The fourth-order valence-electron chi connectivity index (χ4n) is 4.44. The van der Waals surface area contributed by atoms with Gasteiger partial charge in [-0.05, 0) is 110 Å². The summed E-state index contributed by atoms with van der Waals surface area (Å²) in [5.74, 6) is 0.475. The largest absolute Gasteiger partial charge is 0.508 e. The Morgan fingerprint density at radius 2 is 0.667 bits per heavy atom. The van der Waals surface area contributed by atoms with E-state index in [1.165, 1.54) is 0 Å². The number of rotatable bonds is 6. The predicted molar refractivity (Wildman–Crippen MR) is 149 cm³/mol. The van der Waals surface area contributed by atoms with Crippen LogP contribution in [0.4, 0.5) is 34.1 Å². The van der Waals surface area contributed by atoms with Crippen LogP contribution in [0.15, 0.2) is 121 Å². The van der Waals surface area contributed by atoms with E-state index < -0.39 is 0 Å². The molecule has 178 valence electrons. The molecule has 4 heteroatoms. The van der Waals surface area contributed by atoms with E-state index in [1.54, 1.807) is 24.3 Å². The lowest BCUT2D eigenvalue weighted by molar-refractivity contribution is 0.475. The van der Waals surface area contributed by atoms with E-state index in [2.05, 4.69) is 72.2 Å². The minimum Gasteiger partial charge on any atom is -0.508 e. The van der Waals surface area contributed by atoms with Gasteiger partial charge in [0.05, 0.1) is 0 Å². The molecule has 0 unspecified atom stereocenters. The van der Waals surface area contributed by atoms with E-state index in [9.17, 15) is 10.2 Å². The second-order valence-corrected chi connectivity index (χ2v) is 8.79. The fraction of sp³-hybridized carbons (Fsp3) is 0.0625. The van der Waals surface area contributed by atoms with Gasteiger partial charge in [-0.25, -0.2) is 0 Å². The molecule has 0 amide bonds. The number of phenolic OH excluding ortho intramolecular Hbond substituents is 2. The summed E-state index contributed by atoms with van der Waals surface area (Å²) in [6, 6.07) is 39.5. The number of hydrogen-bond acceptors (Lipinski definition) is 4. The number of aryl methyl sites for hydroxylation is 2. The minimum atomic E-state index is 0.238. The molecule has 0 fully saturated rings. The zero-order valence-corrected chi connectivity index (χ0v) is 20.3. The molecule has 5 aromatic rings. The van der Waals surface area contributed by atoms with Crippen LogP contribution in [0.25, 0.3) is 0 Å². The average molecular weight is 473 g/mol. The highest BCUT2D eigenvalue weighted by Crippen LogP contribution is 2.41. The zero-order valence-electron chi connectivity index (χ0n) is 20.3. The lowest BCUT2D eigenvalue weighted by atomic mass is 10.1. The quantitative estimate of drug-likeness (QED) is 0.260. The molecule has 0 saturated carbocycles. The van der Waals surface area contributed by atoms with E-state index in [1.807, 2.05) is 48.5 Å². The van der Waals surface area contributed by atoms with E-state index in [0.29, 0.717) is 0 Å². The van der Waals surface area contributed by atoms with Crippen molar-refractivity contribution in [2.75, 3.05) is 9.80 Å². The summed E-state index contributed by atoms with van der Waals surface area (Å²) in [7, 11) is 0. The molecular weight excluding hydrogens is 444 g/mol. The number of anilines is 6. The Kier molecular flexibility index (Phi) is 6.33. The first kappa shape index (κ1) is 23.1. The van der Waals surface area contributed by atoms with Gasteiger partial charge in [0.1, 0.15) is 11.5 Å². The maximum Gasteiger partial charge on any atom is 0.115 e. The summed E-state index contributed by atoms with van der Waals surface area (Å²) >= 11 is 0. The third-order valence-corrected chi connectivity index (χ3v) is 6.29. The Labute approximate surface area is 211 Å². The first-order valence-corrected chi connectivity index (χ1v) is 11.9. The third-order valence-electron chi connectivity index (χ3n) is 6.29. The highest BCUT2D eigenvalue weighted by molar-refractivity contribution is 5.82. The summed E-state index contributed by atoms with van der Waals surface area (Å²) in [6.07, 6.45) is 0. The molecular formula is C32H28N2O2. The second kappa shape index (κ2) is 9.88. The van der Waals surface area contributed by atoms with Gasteiger partial charge in [0.15, 0.2) is 0 Å². The van der Waals surface area contributed by atoms with Gasteiger partial charge in [0, 0.05) is 34.1 Å². The molecule has 5 rings (SSSR count). The van der Waals surface area contributed by atoms with Gasteiger partial charge in [0.2, 0.25) is 0 Å². The summed E-state index contributed by atoms with van der Waals surface area (Å²) in [6.45, 7) is 4.20. The molecule has 0 bridgehead atoms. The van der Waals surface area contributed by atoms with Crippen LogP contribution >= 0.6 is 0 Å². The third kappa shape index (κ3) is 4.62. The highest BCUT2D eigenvalue weighted by atomic mass is 16.3. The van der Waals surface area contributed by atoms with Crippen molar-refractivity contribution in [2.45, 2.75) is 13.8 Å². The van der Waals surface area contributed by atoms with Crippen LogP contribution in [0.2, 0.25) is 0 Å². The van der Waals surface area contributed by atoms with Crippen molar-refractivity contribution < 1.29 is 10.2 Å². The number of hydrogen-bond donors (Lipinski definition) is 2. The Morgan fingerprint density at radius 1 is 0.389 bits per heavy atom. The van der Waals surface area contributed by atoms with Crippen LogP contribution in [0.1, 0.15) is 11.1 Å². The van der Waals surface area contributed by atoms with Crippen LogP contribution in [0.5, 0.6) is 11.5 Å². The molecule has 2 N–H and O–H groups in total. The van der Waals surface area contributed by atoms with E-state index in [4.69, 9.17) is 0 Å². The summed E-state index contributed by atoms with van der Waals surface area (Å²) in [5.41, 5.74) is 8.40. The molecule has 0 aliphatic carbocycles. The summed E-state index contributed by atoms with van der Waals surface area (Å²) in [5, 5.41) is 19.7. The molecule has 0 aromatic heterocycles. The lowest BCUT2D eigenvalue weighted by Crippen LogP contribution is -2.13. The number of nitrogens with zero attached hydrogens (tertiary/aromatic N) is 2. The Balaban J connectivity index is 1.61. The lowest BCUT2D eigenvalue weighted by Gasteiger charge is -2.29. The number of phenols is 2. The summed E-state index contributed by atoms with van der Waals surface area (Å²) in [4.78, 5) is 4.38. The van der Waals surface area contributed by atoms with Gasteiger partial charge < -0.3 is 20.0 Å². The van der Waals surface area contributed by atoms with E-state index in [0.717, 1.165) is 45.3 Å². The van der Waals surface area contributed by atoms with Gasteiger partial charge in [-0.2, -0.15) is 0 Å². The van der Waals surface area contributed by atoms with E-state index in [-0.39, 0.29) is 11.5 Å². The number of benzene rings is 5. The van der Waals surface area contributed by atoms with Crippen LogP contribution < -0.4 is 9.80 Å². The molecule has 0 heterocycles. The molecule has 0 spiro atoms. The molecule has 5 aromatic carbocycles. The molecule has 0 aliphatic heterocycles. The smallest absolute Gasteiger partial charge is 0.115 e. The van der Waals surface area contributed by atoms with E-state index >= 15 is 0 Å². The highest BCUT2D eigenvalue weighted by Gasteiger charge is 2.17. The maximum absolute atomic E-state index is 9.85. The topological polar surface area (TPSA) is 46.9 Å². The molecule has 4 nitrogen and oxygen atoms in total. The van der Waals surface area contributed by atoms with Crippen LogP contribution in [0.3, 0.4) is 0 Å². The SMILES string of the molecule is Cc1ccccc1N(c1ccc(O)cc1)c1ccc(N(c2ccc(O)cc2)c2ccccc2C)cc1. The van der Waals surface area contributed by atoms with Crippen LogP contribution in [-0.2, 0) is 0 Å². The molecule has 36 heavy (non-hydrogen) atoms. The first-order chi connectivity index (χ1) is 17.5. The van der Waals surface area contributed by atoms with Crippen molar-refractivity contribution in [3.05, 3.63) is 132 Å². The van der Waals surface area contributed by atoms with Crippen molar-refractivity contribution in [1.82, 2.24) is 0 Å². The monoisotopic (exact) mass is 472 g/mol. The van der Waals surface area contributed by atoms with Crippen LogP contribution in [-0.4, -0.2) is 10.2 Å². The minimum absolute atomic E-state index is 0.238. The Bertz CT molecular complexity index is 1350. The molecule has 0 aliphatic rings. The Hall–Kier alpha value is -4.70. The van der Waals surface area contributed by atoms with Gasteiger partial charge in [-0.1, -0.05) is 36.4 Å². The number of aromatic hydroxyl groups is 2. The second-order valence-electron chi connectivity index (χ2n) is 8.79. The van der Waals surface area contributed by atoms with Crippen molar-refractivity contribution in [3.63, 3.8) is 0 Å². The van der Waals surface area contributed by atoms with Gasteiger partial charge in [-0.3, -0.25) is 0 Å². The molecule has 0 radical (unpaired) electrons. The van der Waals surface area contributed by atoms with Crippen molar-refractivity contribution in [2.24, 2.45) is 0 Å². The standard InChI is InChI=1S/C32H28N2O2/c1-23-7-3-5-9-31(23)33(27-15-19-29(35)20-16-27)25-11-13-26(14-12-25)34(28-17-21-30(36)22-18-28)32-10-6-4-8-24(32)2/h3-22,35-36H,1-2H3. The van der Waals surface area contributed by atoms with Gasteiger partial charge in [0.25, 0.3) is 0 Å². The average Bonchev–Trinajstić information content (AvgIpc) is 2.90. The fourth-order valence-corrected chi connectivity index (χ4v) is 4.44. The predicted octanol–water partition coefficient (Wildman–Crippen LogP) is 8.65. The first-order valence-electron chi connectivity index (χ1n) is 11.9. The van der Waals surface area contributed by atoms with Crippen LogP contribution in [0, 0.1) is 13.8 Å². The molecule has 0 atom stereocenters. The summed E-state index contributed by atoms with van der Waals surface area (Å²) < 4.78 is 0. The van der Waals surface area contributed by atoms with Gasteiger partial charge in [-0.15, -0.1) is 0 Å². The van der Waals surface area contributed by atoms with Crippen molar-refractivity contribution >= 4 is 34.1 Å². The van der Waals surface area contributed by atoms with Crippen molar-refractivity contribution in [1.29, 1.82) is 0 Å².